The Balaban J connectivity index is 1.16. The number of hydrogen-bond donors (Lipinski definition) is 0. The van der Waals surface area contributed by atoms with Crippen LogP contribution >= 0.6 is 0 Å². The highest BCUT2D eigenvalue weighted by molar-refractivity contribution is 5.76. The Bertz CT molecular complexity index is 1440. The van der Waals surface area contributed by atoms with Gasteiger partial charge in [0.1, 0.15) is 17.9 Å². The molecule has 4 atom stereocenters. The zero-order valence-electron chi connectivity index (χ0n) is 20.9. The fraction of sp³-hybridized carbons (Fsp3) is 0.393. The van der Waals surface area contributed by atoms with E-state index in [1.54, 1.807) is 12.1 Å². The quantitative estimate of drug-likeness (QED) is 0.379. The monoisotopic (exact) mass is 499 g/mol. The first-order valence-corrected chi connectivity index (χ1v) is 12.6. The topological polar surface area (TPSA) is 101 Å². The molecule has 2 fully saturated rings. The second kappa shape index (κ2) is 9.74. The SMILES string of the molecule is CC1(C)O[C@@H]2O[C@H](CCc3ccc(-c4cncnc4)cc3)[C@H](CCn3nnc4ccccc4c3=O)[C@@H]2O1. The van der Waals surface area contributed by atoms with Crippen molar-refractivity contribution in [2.24, 2.45) is 5.92 Å². The van der Waals surface area contributed by atoms with E-state index >= 15 is 0 Å². The fourth-order valence-electron chi connectivity index (χ4n) is 5.33. The third-order valence-corrected chi connectivity index (χ3v) is 7.17. The van der Waals surface area contributed by atoms with Crippen molar-refractivity contribution in [2.45, 2.75) is 63.9 Å². The fourth-order valence-corrected chi connectivity index (χ4v) is 5.33. The third-order valence-electron chi connectivity index (χ3n) is 7.17. The van der Waals surface area contributed by atoms with Crippen LogP contribution in [0.1, 0.15) is 32.3 Å². The predicted octanol–water partition coefficient (Wildman–Crippen LogP) is 3.76. The molecule has 0 bridgehead atoms. The van der Waals surface area contributed by atoms with Gasteiger partial charge < -0.3 is 14.2 Å². The van der Waals surface area contributed by atoms with E-state index in [9.17, 15) is 4.79 Å². The summed E-state index contributed by atoms with van der Waals surface area (Å²) in [5, 5.41) is 8.96. The first-order chi connectivity index (χ1) is 18.0. The summed E-state index contributed by atoms with van der Waals surface area (Å²) < 4.78 is 20.1. The highest BCUT2D eigenvalue weighted by Crippen LogP contribution is 2.43. The van der Waals surface area contributed by atoms with Crippen LogP contribution in [0.25, 0.3) is 22.0 Å². The molecule has 4 heterocycles. The highest BCUT2D eigenvalue weighted by Gasteiger charge is 2.53. The number of benzene rings is 2. The Morgan fingerprint density at radius 1 is 0.946 bits per heavy atom. The molecule has 37 heavy (non-hydrogen) atoms. The van der Waals surface area contributed by atoms with Gasteiger partial charge in [-0.3, -0.25) is 4.79 Å². The lowest BCUT2D eigenvalue weighted by atomic mass is 9.90. The van der Waals surface area contributed by atoms with E-state index in [1.165, 1.54) is 16.6 Å². The van der Waals surface area contributed by atoms with Crippen molar-refractivity contribution in [3.63, 3.8) is 0 Å². The normalized spacial score (nSPS) is 24.4. The van der Waals surface area contributed by atoms with Gasteiger partial charge in [-0.1, -0.05) is 41.6 Å². The molecule has 0 radical (unpaired) electrons. The van der Waals surface area contributed by atoms with Gasteiger partial charge in [-0.05, 0) is 56.4 Å². The minimum Gasteiger partial charge on any atom is -0.346 e. The van der Waals surface area contributed by atoms with E-state index in [2.05, 4.69) is 44.5 Å². The molecular weight excluding hydrogens is 470 g/mol. The van der Waals surface area contributed by atoms with Gasteiger partial charge in [-0.25, -0.2) is 14.6 Å². The van der Waals surface area contributed by atoms with Crippen molar-refractivity contribution in [3.8, 4) is 11.1 Å². The van der Waals surface area contributed by atoms with Crippen LogP contribution in [-0.2, 0) is 27.2 Å². The molecule has 6 rings (SSSR count). The molecule has 0 N–H and O–H groups in total. The number of ether oxygens (including phenoxy) is 3. The molecule has 2 aliphatic heterocycles. The summed E-state index contributed by atoms with van der Waals surface area (Å²) in [7, 11) is 0. The van der Waals surface area contributed by atoms with Crippen molar-refractivity contribution in [1.82, 2.24) is 25.0 Å². The standard InChI is InChI=1S/C28H29N5O4/c1-28(2)36-25-22(13-14-33-26(34)21-5-3-4-6-23(21)31-32-33)24(35-27(25)37-28)12-9-18-7-10-19(11-8-18)20-15-29-17-30-16-20/h3-8,10-11,15-17,22,24-25,27H,9,12-14H2,1-2H3/t22-,24+,25-,27-/m0/s1. The maximum absolute atomic E-state index is 13.0. The number of rotatable bonds is 7. The molecule has 2 aliphatic rings. The summed E-state index contributed by atoms with van der Waals surface area (Å²) >= 11 is 0. The summed E-state index contributed by atoms with van der Waals surface area (Å²) in [6, 6.07) is 15.7. The summed E-state index contributed by atoms with van der Waals surface area (Å²) in [5.41, 5.74) is 3.76. The zero-order valence-corrected chi connectivity index (χ0v) is 20.9. The van der Waals surface area contributed by atoms with Gasteiger partial charge in [-0.2, -0.15) is 0 Å². The Kier molecular flexibility index (Phi) is 6.27. The first kappa shape index (κ1) is 23.8. The maximum atomic E-state index is 13.0. The van der Waals surface area contributed by atoms with Crippen molar-refractivity contribution in [1.29, 1.82) is 0 Å². The summed E-state index contributed by atoms with van der Waals surface area (Å²) in [4.78, 5) is 21.1. The van der Waals surface area contributed by atoms with Gasteiger partial charge in [0.15, 0.2) is 12.1 Å². The molecule has 0 amide bonds. The predicted molar refractivity (Wildman–Crippen MR) is 136 cm³/mol. The first-order valence-electron chi connectivity index (χ1n) is 12.6. The van der Waals surface area contributed by atoms with Crippen LogP contribution in [0.5, 0.6) is 0 Å². The maximum Gasteiger partial charge on any atom is 0.277 e. The number of aromatic nitrogens is 5. The van der Waals surface area contributed by atoms with Gasteiger partial charge in [0.05, 0.1) is 11.5 Å². The lowest BCUT2D eigenvalue weighted by molar-refractivity contribution is -0.210. The van der Waals surface area contributed by atoms with Gasteiger partial charge in [0.25, 0.3) is 5.56 Å². The lowest BCUT2D eigenvalue weighted by Crippen LogP contribution is -2.33. The van der Waals surface area contributed by atoms with E-state index in [0.717, 1.165) is 24.0 Å². The second-order valence-corrected chi connectivity index (χ2v) is 10.1. The van der Waals surface area contributed by atoms with E-state index in [-0.39, 0.29) is 23.7 Å². The Morgan fingerprint density at radius 2 is 1.73 bits per heavy atom. The largest absolute Gasteiger partial charge is 0.346 e. The molecule has 2 aromatic heterocycles. The summed E-state index contributed by atoms with van der Waals surface area (Å²) in [6.45, 7) is 4.24. The molecule has 0 spiro atoms. The van der Waals surface area contributed by atoms with Crippen molar-refractivity contribution in [3.05, 3.63) is 83.2 Å². The number of hydrogen-bond acceptors (Lipinski definition) is 8. The molecule has 2 saturated heterocycles. The molecule has 190 valence electrons. The van der Waals surface area contributed by atoms with Crippen molar-refractivity contribution >= 4 is 10.9 Å². The highest BCUT2D eigenvalue weighted by atomic mass is 16.8. The van der Waals surface area contributed by atoms with Crippen LogP contribution < -0.4 is 5.56 Å². The Labute approximate surface area is 214 Å². The smallest absolute Gasteiger partial charge is 0.277 e. The van der Waals surface area contributed by atoms with Crippen LogP contribution in [0, 0.1) is 5.92 Å². The van der Waals surface area contributed by atoms with E-state index in [0.29, 0.717) is 23.9 Å². The molecular formula is C28H29N5O4. The number of fused-ring (bicyclic) bond motifs is 2. The second-order valence-electron chi connectivity index (χ2n) is 10.1. The Hall–Kier alpha value is -3.53. The molecule has 9 heteroatoms. The minimum atomic E-state index is -0.699. The van der Waals surface area contributed by atoms with Crippen LogP contribution in [0.15, 0.2) is 72.0 Å². The Morgan fingerprint density at radius 3 is 2.54 bits per heavy atom. The van der Waals surface area contributed by atoms with Crippen LogP contribution in [-0.4, -0.2) is 49.2 Å². The lowest BCUT2D eigenvalue weighted by Gasteiger charge is -2.26. The van der Waals surface area contributed by atoms with Crippen LogP contribution in [0.3, 0.4) is 0 Å². The van der Waals surface area contributed by atoms with E-state index in [1.807, 2.05) is 38.4 Å². The molecule has 0 unspecified atom stereocenters. The molecule has 2 aromatic carbocycles. The van der Waals surface area contributed by atoms with Gasteiger partial charge >= 0.3 is 0 Å². The minimum absolute atomic E-state index is 0.0579. The molecule has 4 aromatic rings. The number of nitrogens with zero attached hydrogens (tertiary/aromatic N) is 5. The van der Waals surface area contributed by atoms with Crippen LogP contribution in [0.2, 0.25) is 0 Å². The summed E-state index contributed by atoms with van der Waals surface area (Å²) in [5.74, 6) is -0.637. The molecule has 0 saturated carbocycles. The van der Waals surface area contributed by atoms with Crippen molar-refractivity contribution in [2.75, 3.05) is 0 Å². The number of aryl methyl sites for hydroxylation is 2. The van der Waals surface area contributed by atoms with Gasteiger partial charge in [0, 0.05) is 30.4 Å². The van der Waals surface area contributed by atoms with E-state index < -0.39 is 12.1 Å². The molecule has 9 nitrogen and oxygen atoms in total. The van der Waals surface area contributed by atoms with Gasteiger partial charge in [0.2, 0.25) is 0 Å². The molecule has 0 aliphatic carbocycles. The van der Waals surface area contributed by atoms with Crippen molar-refractivity contribution < 1.29 is 14.2 Å². The van der Waals surface area contributed by atoms with Crippen LogP contribution in [0.4, 0.5) is 0 Å². The average Bonchev–Trinajstić information content (AvgIpc) is 3.39. The van der Waals surface area contributed by atoms with Gasteiger partial charge in [-0.15, -0.1) is 5.10 Å². The summed E-state index contributed by atoms with van der Waals surface area (Å²) in [6.07, 6.45) is 6.83. The average molecular weight is 500 g/mol. The zero-order chi connectivity index (χ0) is 25.4. The third kappa shape index (κ3) is 4.90. The van der Waals surface area contributed by atoms with E-state index in [4.69, 9.17) is 14.2 Å².